The van der Waals surface area contributed by atoms with E-state index in [0.717, 1.165) is 0 Å². The number of oxime groups is 1. The van der Waals surface area contributed by atoms with Crippen molar-refractivity contribution in [3.8, 4) is 11.5 Å². The van der Waals surface area contributed by atoms with Crippen LogP contribution in [0.4, 0.5) is 0 Å². The zero-order valence-corrected chi connectivity index (χ0v) is 18.0. The first-order chi connectivity index (χ1) is 14.1. The van der Waals surface area contributed by atoms with Crippen molar-refractivity contribution in [2.75, 3.05) is 14.2 Å². The molecule has 2 N–H and O–H groups in total. The van der Waals surface area contributed by atoms with Crippen LogP contribution in [-0.4, -0.2) is 43.7 Å². The first-order valence-corrected chi connectivity index (χ1v) is 9.31. The van der Waals surface area contributed by atoms with Crippen molar-refractivity contribution in [1.29, 1.82) is 0 Å². The summed E-state index contributed by atoms with van der Waals surface area (Å²) in [5, 5.41) is 3.30. The number of ketones is 1. The van der Waals surface area contributed by atoms with E-state index in [0.29, 0.717) is 11.8 Å². The predicted molar refractivity (Wildman–Crippen MR) is 109 cm³/mol. The molecule has 1 aromatic rings. The predicted octanol–water partition coefficient (Wildman–Crippen LogP) is 2.56. The molecular weight excluding hydrogens is 416 g/mol. The van der Waals surface area contributed by atoms with Crippen molar-refractivity contribution in [2.24, 2.45) is 16.8 Å². The topological polar surface area (TPSA) is 127 Å². The molecule has 162 valence electrons. The number of aldehydes is 1. The second kappa shape index (κ2) is 9.17. The Morgan fingerprint density at radius 1 is 1.37 bits per heavy atom. The van der Waals surface area contributed by atoms with Gasteiger partial charge in [-0.2, -0.15) is 0 Å². The number of halogens is 1. The van der Waals surface area contributed by atoms with Gasteiger partial charge in [0.25, 0.3) is 0 Å². The number of carbonyl (C=O) groups excluding carboxylic acids is 3. The monoisotopic (exact) mass is 438 g/mol. The molecule has 0 fully saturated rings. The van der Waals surface area contributed by atoms with Crippen LogP contribution in [0, 0.1) is 12.8 Å². The van der Waals surface area contributed by atoms with Gasteiger partial charge in [-0.15, -0.1) is 0 Å². The van der Waals surface area contributed by atoms with Gasteiger partial charge in [-0.1, -0.05) is 23.7 Å². The summed E-state index contributed by atoms with van der Waals surface area (Å²) in [7, 11) is 2.73. The smallest absolute Gasteiger partial charge is 0.367 e. The number of allylic oxidation sites excluding steroid dienone is 1. The molecule has 0 spiro atoms. The molecule has 0 amide bonds. The number of nitrogens with two attached hydrogens (primary N) is 1. The molecule has 2 rings (SSSR count). The van der Waals surface area contributed by atoms with Crippen molar-refractivity contribution in [1.82, 2.24) is 0 Å². The van der Waals surface area contributed by atoms with Crippen molar-refractivity contribution in [3.05, 3.63) is 34.1 Å². The molecule has 0 saturated heterocycles. The summed E-state index contributed by atoms with van der Waals surface area (Å²) in [5.74, 6) is -1.33. The van der Waals surface area contributed by atoms with E-state index in [1.165, 1.54) is 33.3 Å². The van der Waals surface area contributed by atoms with Gasteiger partial charge in [-0.25, -0.2) is 4.79 Å². The highest BCUT2D eigenvalue weighted by molar-refractivity contribution is 6.35. The molecule has 1 aromatic carbocycles. The fraction of sp³-hybridized carbons (Fsp3) is 0.400. The largest absolute Gasteiger partial charge is 0.496 e. The summed E-state index contributed by atoms with van der Waals surface area (Å²) in [6.45, 7) is 4.76. The molecule has 0 aromatic heterocycles. The Labute approximate surface area is 178 Å². The average Bonchev–Trinajstić information content (AvgIpc) is 2.70. The van der Waals surface area contributed by atoms with E-state index in [1.807, 2.05) is 0 Å². The number of hydrogen-bond donors (Lipinski definition) is 1. The first kappa shape index (κ1) is 23.2. The fourth-order valence-electron chi connectivity index (χ4n) is 3.10. The van der Waals surface area contributed by atoms with Gasteiger partial charge in [0.1, 0.15) is 17.3 Å². The van der Waals surface area contributed by atoms with Crippen molar-refractivity contribution in [2.45, 2.75) is 32.8 Å². The van der Waals surface area contributed by atoms with Crippen molar-refractivity contribution in [3.63, 3.8) is 0 Å². The quantitative estimate of drug-likeness (QED) is 0.226. The van der Waals surface area contributed by atoms with Gasteiger partial charge < -0.3 is 24.8 Å². The minimum absolute atomic E-state index is 0.00710. The molecule has 0 saturated carbocycles. The van der Waals surface area contributed by atoms with Crippen LogP contribution < -0.4 is 15.2 Å². The molecule has 9 nitrogen and oxygen atoms in total. The summed E-state index contributed by atoms with van der Waals surface area (Å²) < 4.78 is 16.7. The highest BCUT2D eigenvalue weighted by atomic mass is 35.5. The van der Waals surface area contributed by atoms with Gasteiger partial charge in [0, 0.05) is 24.0 Å². The summed E-state index contributed by atoms with van der Waals surface area (Å²) >= 11 is 6.45. The number of nitrogens with zero attached hydrogens (tertiary/aromatic N) is 1. The lowest BCUT2D eigenvalue weighted by molar-refractivity contribution is -0.130. The third kappa shape index (κ3) is 4.25. The SMILES string of the molecule is COC1=CC(=O)C[C@@H](C)[C@]1(C=O)Oc1c(C)c(OC)cc(C(=O)O/N=C(/C)N)c1Cl. The van der Waals surface area contributed by atoms with Gasteiger partial charge in [0.15, 0.2) is 17.8 Å². The van der Waals surface area contributed by atoms with Crippen molar-refractivity contribution < 1.29 is 33.4 Å². The van der Waals surface area contributed by atoms with E-state index in [4.69, 9.17) is 36.4 Å². The maximum atomic E-state index is 12.4. The molecule has 2 atom stereocenters. The summed E-state index contributed by atoms with van der Waals surface area (Å²) in [5.41, 5.74) is 4.08. The molecule has 1 aliphatic carbocycles. The number of rotatable bonds is 7. The van der Waals surface area contributed by atoms with E-state index >= 15 is 0 Å². The maximum absolute atomic E-state index is 12.4. The lowest BCUT2D eigenvalue weighted by atomic mass is 9.79. The second-order valence-electron chi connectivity index (χ2n) is 6.80. The van der Waals surface area contributed by atoms with Crippen LogP contribution in [0.15, 0.2) is 23.1 Å². The maximum Gasteiger partial charge on any atom is 0.367 e. The lowest BCUT2D eigenvalue weighted by Crippen LogP contribution is -2.50. The summed E-state index contributed by atoms with van der Waals surface area (Å²) in [6, 6.07) is 1.36. The standard InChI is InChI=1S/C20H23ClN2O7/c1-10-6-13(25)7-16(28-5)20(10,9-24)29-18-11(2)15(27-4)8-14(17(18)21)19(26)30-23-12(3)22/h7-10H,6H2,1-5H3,(H2,22,23)/t10-,20+/m1/s1. The minimum atomic E-state index is -1.63. The van der Waals surface area contributed by atoms with Crippen LogP contribution in [0.5, 0.6) is 11.5 Å². The number of ether oxygens (including phenoxy) is 3. The van der Waals surface area contributed by atoms with Gasteiger partial charge in [0.2, 0.25) is 5.60 Å². The Hall–Kier alpha value is -3.07. The number of hydrogen-bond acceptors (Lipinski definition) is 8. The molecule has 0 heterocycles. The molecule has 0 aliphatic heterocycles. The average molecular weight is 439 g/mol. The van der Waals surface area contributed by atoms with Crippen LogP contribution in [0.1, 0.15) is 36.2 Å². The Kier molecular flexibility index (Phi) is 7.09. The zero-order valence-electron chi connectivity index (χ0n) is 17.3. The van der Waals surface area contributed by atoms with Gasteiger partial charge >= 0.3 is 5.97 Å². The molecule has 0 unspecified atom stereocenters. The highest BCUT2D eigenvalue weighted by Crippen LogP contribution is 2.44. The molecule has 1 aliphatic rings. The van der Waals surface area contributed by atoms with Gasteiger partial charge in [-0.05, 0) is 19.9 Å². The first-order valence-electron chi connectivity index (χ1n) is 8.94. The zero-order chi connectivity index (χ0) is 22.6. The van der Waals surface area contributed by atoms with Gasteiger partial charge in [0.05, 0.1) is 24.8 Å². The third-order valence-corrected chi connectivity index (χ3v) is 5.09. The number of carbonyl (C=O) groups is 3. The van der Waals surface area contributed by atoms with E-state index in [9.17, 15) is 14.4 Å². The van der Waals surface area contributed by atoms with E-state index < -0.39 is 17.5 Å². The minimum Gasteiger partial charge on any atom is -0.496 e. The lowest BCUT2D eigenvalue weighted by Gasteiger charge is -2.38. The second-order valence-corrected chi connectivity index (χ2v) is 7.18. The van der Waals surface area contributed by atoms with Crippen LogP contribution in [0.2, 0.25) is 5.02 Å². The van der Waals surface area contributed by atoms with E-state index in [-0.39, 0.29) is 45.9 Å². The number of amidine groups is 1. The molecular formula is C20H23ClN2O7. The van der Waals surface area contributed by atoms with E-state index in [1.54, 1.807) is 13.8 Å². The fourth-order valence-corrected chi connectivity index (χ4v) is 3.41. The Morgan fingerprint density at radius 2 is 2.03 bits per heavy atom. The summed E-state index contributed by atoms with van der Waals surface area (Å²) in [4.78, 5) is 41.3. The Balaban J connectivity index is 2.65. The van der Waals surface area contributed by atoms with Gasteiger partial charge in [-0.3, -0.25) is 9.59 Å². The third-order valence-electron chi connectivity index (χ3n) is 4.72. The number of methoxy groups -OCH3 is 2. The molecule has 30 heavy (non-hydrogen) atoms. The highest BCUT2D eigenvalue weighted by Gasteiger charge is 2.48. The van der Waals surface area contributed by atoms with Crippen LogP contribution in [0.3, 0.4) is 0 Å². The van der Waals surface area contributed by atoms with Crippen molar-refractivity contribution >= 4 is 35.5 Å². The van der Waals surface area contributed by atoms with Crippen LogP contribution in [0.25, 0.3) is 0 Å². The van der Waals surface area contributed by atoms with Crippen LogP contribution >= 0.6 is 11.6 Å². The Bertz CT molecular complexity index is 938. The van der Waals surface area contributed by atoms with E-state index in [2.05, 4.69) is 5.16 Å². The normalized spacial score (nSPS) is 21.5. The van der Waals surface area contributed by atoms with Crippen LogP contribution in [-0.2, 0) is 19.2 Å². The Morgan fingerprint density at radius 3 is 2.57 bits per heavy atom. The molecule has 10 heteroatoms. The number of benzene rings is 1. The molecule has 0 bridgehead atoms. The molecule has 0 radical (unpaired) electrons. The summed E-state index contributed by atoms with van der Waals surface area (Å²) in [6.07, 6.45) is 1.83.